The third kappa shape index (κ3) is 2.57. The van der Waals surface area contributed by atoms with Gasteiger partial charge in [0.25, 0.3) is 5.91 Å². The number of aliphatic hydroxyl groups is 1. The first kappa shape index (κ1) is 15.5. The minimum Gasteiger partial charge on any atom is -0.392 e. The number of nitrogens with zero attached hydrogens (tertiary/aromatic N) is 3. The summed E-state index contributed by atoms with van der Waals surface area (Å²) >= 11 is 0. The number of rotatable bonds is 2. The maximum absolute atomic E-state index is 12.6. The summed E-state index contributed by atoms with van der Waals surface area (Å²) in [5, 5.41) is 13.2. The van der Waals surface area contributed by atoms with Gasteiger partial charge in [-0.3, -0.25) is 4.79 Å². The molecule has 23 heavy (non-hydrogen) atoms. The van der Waals surface area contributed by atoms with Crippen LogP contribution in [0.15, 0.2) is 30.5 Å². The van der Waals surface area contributed by atoms with Gasteiger partial charge >= 0.3 is 6.18 Å². The quantitative estimate of drug-likeness (QED) is 0.876. The van der Waals surface area contributed by atoms with Crippen LogP contribution in [0.2, 0.25) is 0 Å². The molecule has 1 aromatic heterocycles. The highest BCUT2D eigenvalue weighted by Crippen LogP contribution is 2.32. The first-order chi connectivity index (χ1) is 10.8. The van der Waals surface area contributed by atoms with Crippen molar-refractivity contribution in [3.63, 3.8) is 0 Å². The summed E-state index contributed by atoms with van der Waals surface area (Å²) < 4.78 is 39.2. The standard InChI is InChI=1S/C14H13F3N4O2/c15-14(16,17)9-1-3-10(4-2-9)20-6-11(18)21-12(13(20)23)8(7-22)5-19-21/h1-5,11,22H,6-7,18H2/t11-/m1/s1. The van der Waals surface area contributed by atoms with Crippen LogP contribution in [-0.2, 0) is 12.8 Å². The molecule has 0 fully saturated rings. The van der Waals surface area contributed by atoms with Gasteiger partial charge in [0.05, 0.1) is 24.9 Å². The lowest BCUT2D eigenvalue weighted by Gasteiger charge is -2.32. The smallest absolute Gasteiger partial charge is 0.392 e. The molecule has 3 N–H and O–H groups in total. The zero-order valence-electron chi connectivity index (χ0n) is 11.8. The molecule has 3 rings (SSSR count). The first-order valence-electron chi connectivity index (χ1n) is 6.75. The van der Waals surface area contributed by atoms with Crippen molar-refractivity contribution in [1.29, 1.82) is 0 Å². The molecule has 1 amide bonds. The topological polar surface area (TPSA) is 84.4 Å². The van der Waals surface area contributed by atoms with Gasteiger partial charge in [-0.05, 0) is 24.3 Å². The van der Waals surface area contributed by atoms with Crippen molar-refractivity contribution in [2.45, 2.75) is 18.9 Å². The van der Waals surface area contributed by atoms with E-state index in [0.29, 0.717) is 11.3 Å². The Morgan fingerprint density at radius 1 is 1.30 bits per heavy atom. The van der Waals surface area contributed by atoms with Crippen LogP contribution in [0.4, 0.5) is 18.9 Å². The van der Waals surface area contributed by atoms with E-state index in [1.165, 1.54) is 27.9 Å². The number of hydrogen-bond acceptors (Lipinski definition) is 4. The molecule has 0 saturated heterocycles. The number of hydrogen-bond donors (Lipinski definition) is 2. The van der Waals surface area contributed by atoms with Gasteiger partial charge in [-0.2, -0.15) is 18.3 Å². The van der Waals surface area contributed by atoms with Crippen molar-refractivity contribution in [3.8, 4) is 0 Å². The Kier molecular flexibility index (Phi) is 3.61. The molecule has 9 heteroatoms. The van der Waals surface area contributed by atoms with Gasteiger partial charge in [0.15, 0.2) is 0 Å². The second-order valence-electron chi connectivity index (χ2n) is 5.15. The highest BCUT2D eigenvalue weighted by Gasteiger charge is 2.34. The van der Waals surface area contributed by atoms with E-state index in [1.807, 2.05) is 0 Å². The SMILES string of the molecule is N[C@H]1CN(c2ccc(C(F)(F)F)cc2)C(=O)c2c(CO)cnn21. The van der Waals surface area contributed by atoms with E-state index >= 15 is 0 Å². The summed E-state index contributed by atoms with van der Waals surface area (Å²) in [7, 11) is 0. The number of alkyl halides is 3. The molecule has 0 spiro atoms. The van der Waals surface area contributed by atoms with E-state index in [9.17, 15) is 23.1 Å². The van der Waals surface area contributed by atoms with Crippen LogP contribution in [0.1, 0.15) is 27.8 Å². The van der Waals surface area contributed by atoms with Crippen molar-refractivity contribution in [2.24, 2.45) is 5.73 Å². The van der Waals surface area contributed by atoms with Crippen molar-refractivity contribution in [2.75, 3.05) is 11.4 Å². The van der Waals surface area contributed by atoms with Crippen LogP contribution < -0.4 is 10.6 Å². The minimum atomic E-state index is -4.44. The Bertz CT molecular complexity index is 739. The predicted molar refractivity (Wildman–Crippen MR) is 74.5 cm³/mol. The van der Waals surface area contributed by atoms with Gasteiger partial charge in [0.1, 0.15) is 11.9 Å². The van der Waals surface area contributed by atoms with E-state index in [2.05, 4.69) is 5.10 Å². The molecule has 0 saturated carbocycles. The van der Waals surface area contributed by atoms with E-state index in [1.54, 1.807) is 0 Å². The van der Waals surface area contributed by atoms with Gasteiger partial charge in [0, 0.05) is 11.3 Å². The molecule has 2 heterocycles. The molecule has 1 aliphatic rings. The Morgan fingerprint density at radius 3 is 2.52 bits per heavy atom. The number of halogens is 3. The molecule has 1 atom stereocenters. The number of nitrogens with two attached hydrogens (primary N) is 1. The van der Waals surface area contributed by atoms with Gasteiger partial charge in [-0.15, -0.1) is 0 Å². The van der Waals surface area contributed by atoms with E-state index in [0.717, 1.165) is 12.1 Å². The van der Waals surface area contributed by atoms with Crippen LogP contribution in [-0.4, -0.2) is 27.3 Å². The Labute approximate surface area is 128 Å². The maximum atomic E-state index is 12.6. The predicted octanol–water partition coefficient (Wildman–Crippen LogP) is 1.51. The molecule has 0 unspecified atom stereocenters. The number of carbonyl (C=O) groups excluding carboxylic acids is 1. The van der Waals surface area contributed by atoms with Crippen LogP contribution >= 0.6 is 0 Å². The average Bonchev–Trinajstić information content (AvgIpc) is 2.95. The fourth-order valence-corrected chi connectivity index (χ4v) is 2.53. The van der Waals surface area contributed by atoms with Crippen molar-refractivity contribution < 1.29 is 23.1 Å². The van der Waals surface area contributed by atoms with Gasteiger partial charge in [0.2, 0.25) is 0 Å². The average molecular weight is 326 g/mol. The lowest BCUT2D eigenvalue weighted by molar-refractivity contribution is -0.137. The Morgan fingerprint density at radius 2 is 1.96 bits per heavy atom. The van der Waals surface area contributed by atoms with Crippen molar-refractivity contribution in [3.05, 3.63) is 47.3 Å². The third-order valence-electron chi connectivity index (χ3n) is 3.68. The van der Waals surface area contributed by atoms with E-state index < -0.39 is 23.8 Å². The maximum Gasteiger partial charge on any atom is 0.416 e. The molecule has 0 radical (unpaired) electrons. The number of anilines is 1. The van der Waals surface area contributed by atoms with Crippen LogP contribution in [0, 0.1) is 0 Å². The lowest BCUT2D eigenvalue weighted by Crippen LogP contribution is -2.46. The Hall–Kier alpha value is -2.39. The van der Waals surface area contributed by atoms with Crippen LogP contribution in [0.5, 0.6) is 0 Å². The molecule has 0 aliphatic carbocycles. The molecule has 2 aromatic rings. The number of aliphatic hydroxyl groups excluding tert-OH is 1. The minimum absolute atomic E-state index is 0.0732. The van der Waals surface area contributed by atoms with Crippen LogP contribution in [0.25, 0.3) is 0 Å². The number of aromatic nitrogens is 2. The third-order valence-corrected chi connectivity index (χ3v) is 3.68. The molecule has 1 aliphatic heterocycles. The zero-order chi connectivity index (χ0) is 16.8. The number of benzene rings is 1. The molecule has 0 bridgehead atoms. The molecule has 122 valence electrons. The largest absolute Gasteiger partial charge is 0.416 e. The second-order valence-corrected chi connectivity index (χ2v) is 5.15. The first-order valence-corrected chi connectivity index (χ1v) is 6.75. The normalized spacial score (nSPS) is 18.2. The summed E-state index contributed by atoms with van der Waals surface area (Å²) in [6.45, 7) is -0.307. The second kappa shape index (κ2) is 5.36. The molecule has 6 nitrogen and oxygen atoms in total. The van der Waals surface area contributed by atoms with Crippen LogP contribution in [0.3, 0.4) is 0 Å². The van der Waals surface area contributed by atoms with E-state index in [4.69, 9.17) is 5.73 Å². The molecular formula is C14H13F3N4O2. The number of amides is 1. The van der Waals surface area contributed by atoms with Crippen molar-refractivity contribution >= 4 is 11.6 Å². The summed E-state index contributed by atoms with van der Waals surface area (Å²) in [6, 6.07) is 4.26. The summed E-state index contributed by atoms with van der Waals surface area (Å²) in [4.78, 5) is 13.8. The fourth-order valence-electron chi connectivity index (χ4n) is 2.53. The summed E-state index contributed by atoms with van der Waals surface area (Å²) in [5.41, 5.74) is 5.92. The zero-order valence-corrected chi connectivity index (χ0v) is 11.8. The highest BCUT2D eigenvalue weighted by atomic mass is 19.4. The van der Waals surface area contributed by atoms with E-state index in [-0.39, 0.29) is 18.8 Å². The summed E-state index contributed by atoms with van der Waals surface area (Å²) in [6.07, 6.45) is -3.74. The molecular weight excluding hydrogens is 313 g/mol. The van der Waals surface area contributed by atoms with Gasteiger partial charge in [-0.25, -0.2) is 4.68 Å². The summed E-state index contributed by atoms with van der Waals surface area (Å²) in [5.74, 6) is -0.465. The number of fused-ring (bicyclic) bond motifs is 1. The number of carbonyl (C=O) groups is 1. The van der Waals surface area contributed by atoms with Gasteiger partial charge < -0.3 is 15.7 Å². The molecule has 1 aromatic carbocycles. The van der Waals surface area contributed by atoms with Crippen molar-refractivity contribution in [1.82, 2.24) is 9.78 Å². The fraction of sp³-hybridized carbons (Fsp3) is 0.286. The monoisotopic (exact) mass is 326 g/mol. The van der Waals surface area contributed by atoms with Gasteiger partial charge in [-0.1, -0.05) is 0 Å². The highest BCUT2D eigenvalue weighted by molar-refractivity contribution is 6.06. The Balaban J connectivity index is 1.97. The lowest BCUT2D eigenvalue weighted by atomic mass is 10.1.